The first-order chi connectivity index (χ1) is 11.5. The number of para-hydroxylation sites is 2. The lowest BCUT2D eigenvalue weighted by molar-refractivity contribution is -0.146. The standard InChI is InChI=1S/C15H9F3N4O2/c16-15(17,18)14-19-9-4-1-2-5-10(9)22(14)8-12-20-13(21-24-12)11-6-3-7-23-11/h1-7H,8H2. The minimum atomic E-state index is -4.59. The van der Waals surface area contributed by atoms with E-state index >= 15 is 0 Å². The van der Waals surface area contributed by atoms with Crippen LogP contribution in [0.5, 0.6) is 0 Å². The van der Waals surface area contributed by atoms with Crippen LogP contribution in [0.2, 0.25) is 0 Å². The molecule has 3 aromatic heterocycles. The third kappa shape index (κ3) is 2.43. The first kappa shape index (κ1) is 14.5. The molecule has 0 unspecified atom stereocenters. The van der Waals surface area contributed by atoms with Gasteiger partial charge in [-0.25, -0.2) is 4.98 Å². The lowest BCUT2D eigenvalue weighted by Gasteiger charge is -2.08. The number of halogens is 3. The molecule has 4 aromatic rings. The van der Waals surface area contributed by atoms with Crippen molar-refractivity contribution in [3.8, 4) is 11.6 Å². The lowest BCUT2D eigenvalue weighted by atomic mass is 10.3. The number of hydrogen-bond donors (Lipinski definition) is 0. The van der Waals surface area contributed by atoms with Crippen molar-refractivity contribution in [2.75, 3.05) is 0 Å². The van der Waals surface area contributed by atoms with E-state index < -0.39 is 12.0 Å². The summed E-state index contributed by atoms with van der Waals surface area (Å²) < 4.78 is 50.9. The van der Waals surface area contributed by atoms with E-state index in [-0.39, 0.29) is 23.8 Å². The summed E-state index contributed by atoms with van der Waals surface area (Å²) in [5.74, 6) is -0.444. The maximum absolute atomic E-state index is 13.3. The van der Waals surface area contributed by atoms with E-state index in [0.29, 0.717) is 11.3 Å². The second kappa shape index (κ2) is 5.22. The van der Waals surface area contributed by atoms with Gasteiger partial charge in [0.15, 0.2) is 5.76 Å². The summed E-state index contributed by atoms with van der Waals surface area (Å²) in [5.41, 5.74) is 0.582. The molecule has 3 heterocycles. The summed E-state index contributed by atoms with van der Waals surface area (Å²) in [6, 6.07) is 9.62. The predicted molar refractivity (Wildman–Crippen MR) is 75.8 cm³/mol. The van der Waals surface area contributed by atoms with Crippen LogP contribution >= 0.6 is 0 Å². The third-order valence-electron chi connectivity index (χ3n) is 3.41. The van der Waals surface area contributed by atoms with Crippen LogP contribution in [0.4, 0.5) is 13.2 Å². The Bertz CT molecular complexity index is 986. The van der Waals surface area contributed by atoms with Gasteiger partial charge in [0.2, 0.25) is 17.5 Å². The molecule has 0 aliphatic heterocycles. The van der Waals surface area contributed by atoms with E-state index in [1.54, 1.807) is 30.3 Å². The molecule has 0 atom stereocenters. The number of alkyl halides is 3. The largest absolute Gasteiger partial charge is 0.461 e. The molecule has 0 radical (unpaired) electrons. The molecule has 1 aromatic carbocycles. The molecule has 9 heteroatoms. The van der Waals surface area contributed by atoms with Crippen molar-refractivity contribution in [3.05, 3.63) is 54.4 Å². The van der Waals surface area contributed by atoms with Gasteiger partial charge in [-0.3, -0.25) is 0 Å². The minimum Gasteiger partial charge on any atom is -0.461 e. The van der Waals surface area contributed by atoms with Crippen LogP contribution in [0.15, 0.2) is 51.6 Å². The lowest BCUT2D eigenvalue weighted by Crippen LogP contribution is -2.15. The fraction of sp³-hybridized carbons (Fsp3) is 0.133. The first-order valence-corrected chi connectivity index (χ1v) is 6.91. The van der Waals surface area contributed by atoms with Gasteiger partial charge in [-0.15, -0.1) is 0 Å². The molecule has 0 amide bonds. The van der Waals surface area contributed by atoms with Crippen molar-refractivity contribution in [2.24, 2.45) is 0 Å². The van der Waals surface area contributed by atoms with Crippen molar-refractivity contribution in [1.29, 1.82) is 0 Å². The molecule has 0 bridgehead atoms. The highest BCUT2D eigenvalue weighted by molar-refractivity contribution is 5.76. The number of hydrogen-bond acceptors (Lipinski definition) is 5. The van der Waals surface area contributed by atoms with Crippen molar-refractivity contribution >= 4 is 11.0 Å². The number of nitrogens with zero attached hydrogens (tertiary/aromatic N) is 4. The molecule has 6 nitrogen and oxygen atoms in total. The van der Waals surface area contributed by atoms with Gasteiger partial charge in [0, 0.05) is 0 Å². The summed E-state index contributed by atoms with van der Waals surface area (Å²) in [4.78, 5) is 7.74. The number of furan rings is 1. The zero-order valence-electron chi connectivity index (χ0n) is 12.0. The number of fused-ring (bicyclic) bond motifs is 1. The normalized spacial score (nSPS) is 12.1. The van der Waals surface area contributed by atoms with Gasteiger partial charge in [0.25, 0.3) is 0 Å². The molecule has 0 spiro atoms. The Morgan fingerprint density at radius 3 is 2.62 bits per heavy atom. The fourth-order valence-electron chi connectivity index (χ4n) is 2.41. The summed E-state index contributed by atoms with van der Waals surface area (Å²) in [5, 5.41) is 3.72. The van der Waals surface area contributed by atoms with Crippen LogP contribution in [0, 0.1) is 0 Å². The number of imidazole rings is 1. The van der Waals surface area contributed by atoms with Gasteiger partial charge in [0.05, 0.1) is 17.3 Å². The van der Waals surface area contributed by atoms with Crippen molar-refractivity contribution < 1.29 is 22.1 Å². The van der Waals surface area contributed by atoms with Crippen molar-refractivity contribution in [2.45, 2.75) is 12.7 Å². The predicted octanol–water partition coefficient (Wildman–Crippen LogP) is 3.75. The van der Waals surface area contributed by atoms with Gasteiger partial charge in [-0.05, 0) is 24.3 Å². The summed E-state index contributed by atoms with van der Waals surface area (Å²) in [6.45, 7) is -0.247. The van der Waals surface area contributed by atoms with E-state index in [9.17, 15) is 13.2 Å². The van der Waals surface area contributed by atoms with Gasteiger partial charge in [-0.1, -0.05) is 17.3 Å². The average molecular weight is 334 g/mol. The van der Waals surface area contributed by atoms with Crippen LogP contribution in [-0.4, -0.2) is 19.7 Å². The molecular formula is C15H9F3N4O2. The monoisotopic (exact) mass is 334 g/mol. The molecule has 0 N–H and O–H groups in total. The van der Waals surface area contributed by atoms with Gasteiger partial charge in [-0.2, -0.15) is 18.2 Å². The van der Waals surface area contributed by atoms with Crippen LogP contribution in [0.1, 0.15) is 11.7 Å². The van der Waals surface area contributed by atoms with E-state index in [1.165, 1.54) is 12.3 Å². The highest BCUT2D eigenvalue weighted by Gasteiger charge is 2.38. The molecule has 122 valence electrons. The highest BCUT2D eigenvalue weighted by atomic mass is 19.4. The average Bonchev–Trinajstić information content (AvgIpc) is 3.26. The summed E-state index contributed by atoms with van der Waals surface area (Å²) in [7, 11) is 0. The zero-order valence-corrected chi connectivity index (χ0v) is 12.0. The van der Waals surface area contributed by atoms with Gasteiger partial charge in [0.1, 0.15) is 6.54 Å². The fourth-order valence-corrected chi connectivity index (χ4v) is 2.41. The molecule has 4 rings (SSSR count). The quantitative estimate of drug-likeness (QED) is 0.571. The first-order valence-electron chi connectivity index (χ1n) is 6.91. The molecule has 0 saturated carbocycles. The Balaban J connectivity index is 1.77. The maximum Gasteiger partial charge on any atom is 0.449 e. The molecule has 0 saturated heterocycles. The zero-order chi connectivity index (χ0) is 16.7. The smallest absolute Gasteiger partial charge is 0.449 e. The maximum atomic E-state index is 13.3. The van der Waals surface area contributed by atoms with Crippen LogP contribution < -0.4 is 0 Å². The molecular weight excluding hydrogens is 325 g/mol. The Hall–Kier alpha value is -3.10. The minimum absolute atomic E-state index is 0.0232. The topological polar surface area (TPSA) is 69.9 Å². The molecule has 0 aliphatic carbocycles. The van der Waals surface area contributed by atoms with E-state index in [1.807, 2.05) is 0 Å². The molecule has 24 heavy (non-hydrogen) atoms. The Morgan fingerprint density at radius 2 is 1.88 bits per heavy atom. The third-order valence-corrected chi connectivity index (χ3v) is 3.41. The van der Waals surface area contributed by atoms with Crippen molar-refractivity contribution in [3.63, 3.8) is 0 Å². The highest BCUT2D eigenvalue weighted by Crippen LogP contribution is 2.32. The van der Waals surface area contributed by atoms with Crippen molar-refractivity contribution in [1.82, 2.24) is 19.7 Å². The van der Waals surface area contributed by atoms with Crippen LogP contribution in [0.25, 0.3) is 22.6 Å². The summed E-state index contributed by atoms with van der Waals surface area (Å²) in [6.07, 6.45) is -3.15. The van der Waals surface area contributed by atoms with E-state index in [0.717, 1.165) is 4.57 Å². The van der Waals surface area contributed by atoms with Gasteiger partial charge < -0.3 is 13.5 Å². The summed E-state index contributed by atoms with van der Waals surface area (Å²) >= 11 is 0. The van der Waals surface area contributed by atoms with Crippen LogP contribution in [0.3, 0.4) is 0 Å². The molecule has 0 fully saturated rings. The second-order valence-electron chi connectivity index (χ2n) is 5.00. The van der Waals surface area contributed by atoms with E-state index in [4.69, 9.17) is 8.94 Å². The Labute approximate surface area is 132 Å². The SMILES string of the molecule is FC(F)(F)c1nc2ccccc2n1Cc1nc(-c2ccco2)no1. The number of benzene rings is 1. The van der Waals surface area contributed by atoms with Gasteiger partial charge >= 0.3 is 6.18 Å². The number of rotatable bonds is 3. The number of aromatic nitrogens is 4. The molecule has 0 aliphatic rings. The Morgan fingerprint density at radius 1 is 1.04 bits per heavy atom. The Kier molecular flexibility index (Phi) is 3.15. The van der Waals surface area contributed by atoms with Crippen LogP contribution in [-0.2, 0) is 12.7 Å². The second-order valence-corrected chi connectivity index (χ2v) is 5.00. The van der Waals surface area contributed by atoms with E-state index in [2.05, 4.69) is 15.1 Å².